The molecule has 0 fully saturated rings. The van der Waals surface area contributed by atoms with Crippen LogP contribution in [0.15, 0.2) is 16.6 Å². The van der Waals surface area contributed by atoms with Crippen LogP contribution in [0.25, 0.3) is 0 Å². The number of halogens is 2. The van der Waals surface area contributed by atoms with Gasteiger partial charge >= 0.3 is 0 Å². The molecule has 0 saturated carbocycles. The maximum atomic E-state index is 13.0. The van der Waals surface area contributed by atoms with Crippen molar-refractivity contribution in [3.63, 3.8) is 0 Å². The smallest absolute Gasteiger partial charge is 0.142 e. The van der Waals surface area contributed by atoms with Crippen molar-refractivity contribution >= 4 is 15.9 Å². The number of hydrogen-bond acceptors (Lipinski definition) is 1. The first-order valence-corrected chi connectivity index (χ1v) is 4.00. The summed E-state index contributed by atoms with van der Waals surface area (Å²) in [6.07, 6.45) is 0. The first kappa shape index (κ1) is 8.68. The quantitative estimate of drug-likeness (QED) is 0.768. The highest BCUT2D eigenvalue weighted by atomic mass is 79.9. The number of aliphatic hydroxyl groups excluding tert-OH is 1. The lowest BCUT2D eigenvalue weighted by Crippen LogP contribution is -1.91. The van der Waals surface area contributed by atoms with Gasteiger partial charge in [-0.25, -0.2) is 4.39 Å². The van der Waals surface area contributed by atoms with Crippen LogP contribution in [0.4, 0.5) is 4.39 Å². The van der Waals surface area contributed by atoms with Gasteiger partial charge in [0.15, 0.2) is 0 Å². The largest absolute Gasteiger partial charge is 0.392 e. The Kier molecular flexibility index (Phi) is 2.62. The molecule has 0 aliphatic carbocycles. The van der Waals surface area contributed by atoms with Gasteiger partial charge < -0.3 is 5.11 Å². The number of aliphatic hydroxyl groups is 1. The van der Waals surface area contributed by atoms with E-state index < -0.39 is 0 Å². The Morgan fingerprint density at radius 1 is 1.55 bits per heavy atom. The van der Waals surface area contributed by atoms with Gasteiger partial charge in [-0.05, 0) is 34.5 Å². The van der Waals surface area contributed by atoms with E-state index in [-0.39, 0.29) is 12.4 Å². The Bertz CT molecular complexity index is 273. The molecule has 11 heavy (non-hydrogen) atoms. The van der Waals surface area contributed by atoms with Crippen molar-refractivity contribution in [2.75, 3.05) is 0 Å². The van der Waals surface area contributed by atoms with Crippen LogP contribution in [0, 0.1) is 12.7 Å². The molecule has 0 saturated heterocycles. The molecule has 0 spiro atoms. The molecule has 0 bridgehead atoms. The third-order valence-corrected chi connectivity index (χ3v) is 2.00. The zero-order valence-electron chi connectivity index (χ0n) is 6.06. The van der Waals surface area contributed by atoms with Gasteiger partial charge in [-0.15, -0.1) is 0 Å². The van der Waals surface area contributed by atoms with Gasteiger partial charge in [-0.3, -0.25) is 0 Å². The molecule has 1 N–H and O–H groups in total. The lowest BCUT2D eigenvalue weighted by atomic mass is 10.1. The van der Waals surface area contributed by atoms with Crippen LogP contribution in [0.1, 0.15) is 11.1 Å². The molecular formula is C8H8BrFO. The van der Waals surface area contributed by atoms with Gasteiger partial charge in [-0.2, -0.15) is 0 Å². The highest BCUT2D eigenvalue weighted by Crippen LogP contribution is 2.20. The SMILES string of the molecule is Cc1cc(Br)c(F)c(CO)c1. The van der Waals surface area contributed by atoms with E-state index in [1.54, 1.807) is 12.1 Å². The number of benzene rings is 1. The van der Waals surface area contributed by atoms with E-state index in [4.69, 9.17) is 5.11 Å². The molecule has 0 atom stereocenters. The molecule has 1 rings (SSSR count). The van der Waals surface area contributed by atoms with Crippen molar-refractivity contribution in [3.05, 3.63) is 33.5 Å². The lowest BCUT2D eigenvalue weighted by Gasteiger charge is -2.02. The van der Waals surface area contributed by atoms with Crippen LogP contribution in [0.5, 0.6) is 0 Å². The second-order valence-electron chi connectivity index (χ2n) is 2.38. The summed E-state index contributed by atoms with van der Waals surface area (Å²) in [4.78, 5) is 0. The molecule has 1 aromatic rings. The molecule has 0 radical (unpaired) electrons. The molecule has 0 aliphatic heterocycles. The number of hydrogen-bond donors (Lipinski definition) is 1. The van der Waals surface area contributed by atoms with Crippen LogP contribution in [0.3, 0.4) is 0 Å². The van der Waals surface area contributed by atoms with E-state index in [1.165, 1.54) is 0 Å². The molecule has 0 aromatic heterocycles. The predicted molar refractivity (Wildman–Crippen MR) is 44.8 cm³/mol. The van der Waals surface area contributed by atoms with Gasteiger partial charge in [0.05, 0.1) is 11.1 Å². The molecular weight excluding hydrogens is 211 g/mol. The van der Waals surface area contributed by atoms with Crippen molar-refractivity contribution in [1.29, 1.82) is 0 Å². The van der Waals surface area contributed by atoms with Crippen molar-refractivity contribution < 1.29 is 9.50 Å². The summed E-state index contributed by atoms with van der Waals surface area (Å²) >= 11 is 3.05. The lowest BCUT2D eigenvalue weighted by molar-refractivity contribution is 0.275. The Balaban J connectivity index is 3.24. The van der Waals surface area contributed by atoms with E-state index >= 15 is 0 Å². The van der Waals surface area contributed by atoms with Crippen LogP contribution < -0.4 is 0 Å². The molecule has 1 aromatic carbocycles. The zero-order valence-corrected chi connectivity index (χ0v) is 7.65. The fourth-order valence-electron chi connectivity index (χ4n) is 0.912. The summed E-state index contributed by atoms with van der Waals surface area (Å²) in [5.74, 6) is -0.377. The normalized spacial score (nSPS) is 10.2. The molecule has 0 amide bonds. The van der Waals surface area contributed by atoms with Gasteiger partial charge in [0.25, 0.3) is 0 Å². The number of aryl methyl sites for hydroxylation is 1. The summed E-state index contributed by atoms with van der Waals surface area (Å²) in [6.45, 7) is 1.59. The average molecular weight is 219 g/mol. The first-order valence-electron chi connectivity index (χ1n) is 3.20. The monoisotopic (exact) mass is 218 g/mol. The maximum absolute atomic E-state index is 13.0. The minimum absolute atomic E-state index is 0.258. The van der Waals surface area contributed by atoms with Crippen molar-refractivity contribution in [2.45, 2.75) is 13.5 Å². The fraction of sp³-hybridized carbons (Fsp3) is 0.250. The van der Waals surface area contributed by atoms with Gasteiger partial charge in [0, 0.05) is 5.56 Å². The summed E-state index contributed by atoms with van der Waals surface area (Å²) in [5.41, 5.74) is 1.26. The van der Waals surface area contributed by atoms with E-state index in [9.17, 15) is 4.39 Å². The molecule has 0 unspecified atom stereocenters. The van der Waals surface area contributed by atoms with Crippen LogP contribution in [0.2, 0.25) is 0 Å². The van der Waals surface area contributed by atoms with Crippen molar-refractivity contribution in [1.82, 2.24) is 0 Å². The maximum Gasteiger partial charge on any atom is 0.142 e. The van der Waals surface area contributed by atoms with E-state index in [2.05, 4.69) is 15.9 Å². The highest BCUT2D eigenvalue weighted by Gasteiger charge is 2.05. The molecule has 0 heterocycles. The van der Waals surface area contributed by atoms with Crippen LogP contribution in [-0.2, 0) is 6.61 Å². The van der Waals surface area contributed by atoms with E-state index in [1.807, 2.05) is 6.92 Å². The Hall–Kier alpha value is -0.410. The molecule has 1 nitrogen and oxygen atoms in total. The third-order valence-electron chi connectivity index (χ3n) is 1.42. The van der Waals surface area contributed by atoms with Crippen LogP contribution in [-0.4, -0.2) is 5.11 Å². The summed E-state index contributed by atoms with van der Waals surface area (Å²) < 4.78 is 13.4. The Labute approximate surface area is 73.0 Å². The van der Waals surface area contributed by atoms with Gasteiger partial charge in [-0.1, -0.05) is 6.07 Å². The second kappa shape index (κ2) is 3.32. The summed E-state index contributed by atoms with van der Waals surface area (Å²) in [5, 5.41) is 8.71. The predicted octanol–water partition coefficient (Wildman–Crippen LogP) is 2.39. The minimum Gasteiger partial charge on any atom is -0.392 e. The topological polar surface area (TPSA) is 20.2 Å². The fourth-order valence-corrected chi connectivity index (χ4v) is 1.53. The Morgan fingerprint density at radius 3 is 2.73 bits per heavy atom. The minimum atomic E-state index is -0.377. The molecule has 60 valence electrons. The highest BCUT2D eigenvalue weighted by molar-refractivity contribution is 9.10. The average Bonchev–Trinajstić information content (AvgIpc) is 1.96. The van der Waals surface area contributed by atoms with E-state index in [0.717, 1.165) is 5.56 Å². The molecule has 0 aliphatic rings. The standard InChI is InChI=1S/C8H8BrFO/c1-5-2-6(4-11)8(10)7(9)3-5/h2-3,11H,4H2,1H3. The Morgan fingerprint density at radius 2 is 2.18 bits per heavy atom. The third kappa shape index (κ3) is 1.79. The van der Waals surface area contributed by atoms with E-state index in [0.29, 0.717) is 10.0 Å². The zero-order chi connectivity index (χ0) is 8.43. The molecule has 3 heteroatoms. The van der Waals surface area contributed by atoms with Gasteiger partial charge in [0.1, 0.15) is 5.82 Å². The second-order valence-corrected chi connectivity index (χ2v) is 3.23. The van der Waals surface area contributed by atoms with Crippen molar-refractivity contribution in [3.8, 4) is 0 Å². The van der Waals surface area contributed by atoms with Gasteiger partial charge in [0.2, 0.25) is 0 Å². The summed E-state index contributed by atoms with van der Waals surface area (Å²) in [6, 6.07) is 3.30. The van der Waals surface area contributed by atoms with Crippen molar-refractivity contribution in [2.24, 2.45) is 0 Å². The summed E-state index contributed by atoms with van der Waals surface area (Å²) in [7, 11) is 0. The number of rotatable bonds is 1. The van der Waals surface area contributed by atoms with Crippen LogP contribution >= 0.6 is 15.9 Å². The first-order chi connectivity index (χ1) is 5.15.